The van der Waals surface area contributed by atoms with Gasteiger partial charge < -0.3 is 9.84 Å². The molecule has 0 aromatic heterocycles. The summed E-state index contributed by atoms with van der Waals surface area (Å²) in [6.07, 6.45) is 5.65. The highest BCUT2D eigenvalue weighted by atomic mass is 16.5. The zero-order chi connectivity index (χ0) is 16.4. The van der Waals surface area contributed by atoms with Crippen molar-refractivity contribution in [2.24, 2.45) is 22.7 Å². The van der Waals surface area contributed by atoms with E-state index in [4.69, 9.17) is 4.74 Å². The van der Waals surface area contributed by atoms with Gasteiger partial charge in [-0.3, -0.25) is 0 Å². The monoisotopic (exact) mass is 314 g/mol. The Bertz CT molecular complexity index is 620. The molecule has 5 atom stereocenters. The first-order valence-electron chi connectivity index (χ1n) is 9.22. The fraction of sp³-hybridized carbons (Fsp3) is 0.714. The summed E-state index contributed by atoms with van der Waals surface area (Å²) in [5.41, 5.74) is 3.42. The predicted molar refractivity (Wildman–Crippen MR) is 92.8 cm³/mol. The number of hydrogen-bond acceptors (Lipinski definition) is 2. The minimum absolute atomic E-state index is 0.120. The number of ether oxygens (including phenoxy) is 1. The first-order chi connectivity index (χ1) is 10.9. The molecule has 2 saturated carbocycles. The van der Waals surface area contributed by atoms with E-state index in [1.807, 2.05) is 0 Å². The Morgan fingerprint density at radius 3 is 2.70 bits per heavy atom. The Morgan fingerprint density at radius 2 is 1.96 bits per heavy atom. The zero-order valence-electron chi connectivity index (χ0n) is 14.9. The maximum atomic E-state index is 10.8. The van der Waals surface area contributed by atoms with Crippen molar-refractivity contribution in [1.29, 1.82) is 0 Å². The number of hydrogen-bond donors (Lipinski definition) is 1. The van der Waals surface area contributed by atoms with Crippen molar-refractivity contribution in [1.82, 2.24) is 0 Å². The molecule has 1 unspecified atom stereocenters. The lowest BCUT2D eigenvalue weighted by Crippen LogP contribution is -2.46. The zero-order valence-corrected chi connectivity index (χ0v) is 14.9. The van der Waals surface area contributed by atoms with Crippen LogP contribution in [0, 0.1) is 22.7 Å². The number of benzene rings is 1. The maximum Gasteiger partial charge on any atom is 0.119 e. The Morgan fingerprint density at radius 1 is 1.17 bits per heavy atom. The number of rotatable bonds is 1. The number of aliphatic hydroxyl groups excluding tert-OH is 1. The largest absolute Gasteiger partial charge is 0.497 e. The quantitative estimate of drug-likeness (QED) is 0.824. The van der Waals surface area contributed by atoms with E-state index in [2.05, 4.69) is 39.0 Å². The number of aryl methyl sites for hydroxylation is 1. The van der Waals surface area contributed by atoms with Crippen LogP contribution < -0.4 is 4.74 Å². The van der Waals surface area contributed by atoms with Crippen molar-refractivity contribution >= 4 is 0 Å². The summed E-state index contributed by atoms with van der Waals surface area (Å²) in [5.74, 6) is 3.02. The molecule has 0 aliphatic heterocycles. The first-order valence-corrected chi connectivity index (χ1v) is 9.22. The molecule has 0 saturated heterocycles. The van der Waals surface area contributed by atoms with E-state index in [0.717, 1.165) is 30.9 Å². The van der Waals surface area contributed by atoms with Gasteiger partial charge in [0.15, 0.2) is 0 Å². The number of aliphatic hydroxyl groups is 1. The molecule has 1 aromatic carbocycles. The molecule has 0 amide bonds. The minimum Gasteiger partial charge on any atom is -0.497 e. The average molecular weight is 314 g/mol. The van der Waals surface area contributed by atoms with E-state index in [1.165, 1.54) is 18.4 Å². The van der Waals surface area contributed by atoms with Gasteiger partial charge in [-0.25, -0.2) is 0 Å². The summed E-state index contributed by atoms with van der Waals surface area (Å²) < 4.78 is 5.42. The van der Waals surface area contributed by atoms with Crippen LogP contribution in [0.4, 0.5) is 0 Å². The summed E-state index contributed by atoms with van der Waals surface area (Å²) in [6.45, 7) is 7.13. The third-order valence-corrected chi connectivity index (χ3v) is 7.47. The van der Waals surface area contributed by atoms with E-state index in [9.17, 15) is 5.11 Å². The molecule has 1 N–H and O–H groups in total. The van der Waals surface area contributed by atoms with Gasteiger partial charge in [-0.2, -0.15) is 0 Å². The molecule has 3 aliphatic carbocycles. The third-order valence-electron chi connectivity index (χ3n) is 7.47. The number of methoxy groups -OCH3 is 1. The highest BCUT2D eigenvalue weighted by molar-refractivity contribution is 5.41. The molecule has 1 aromatic rings. The van der Waals surface area contributed by atoms with Crippen molar-refractivity contribution in [3.05, 3.63) is 29.3 Å². The molecule has 0 bridgehead atoms. The van der Waals surface area contributed by atoms with Crippen LogP contribution in [0.3, 0.4) is 0 Å². The molecule has 0 radical (unpaired) electrons. The second kappa shape index (κ2) is 4.99. The van der Waals surface area contributed by atoms with Crippen LogP contribution in [0.15, 0.2) is 18.2 Å². The lowest BCUT2D eigenvalue weighted by atomic mass is 9.52. The Kier molecular flexibility index (Phi) is 3.36. The van der Waals surface area contributed by atoms with Crippen molar-refractivity contribution in [3.8, 4) is 5.75 Å². The van der Waals surface area contributed by atoms with Gasteiger partial charge in [0.05, 0.1) is 13.2 Å². The molecule has 23 heavy (non-hydrogen) atoms. The predicted octanol–water partition coefficient (Wildman–Crippen LogP) is 4.55. The minimum atomic E-state index is -0.124. The molecular formula is C21H30O2. The van der Waals surface area contributed by atoms with Gasteiger partial charge in [0.2, 0.25) is 0 Å². The van der Waals surface area contributed by atoms with Crippen molar-refractivity contribution in [2.75, 3.05) is 7.11 Å². The van der Waals surface area contributed by atoms with Crippen molar-refractivity contribution in [2.45, 2.75) is 64.9 Å². The second-order valence-electron chi connectivity index (χ2n) is 9.10. The summed E-state index contributed by atoms with van der Waals surface area (Å²) in [5, 5.41) is 10.8. The van der Waals surface area contributed by atoms with E-state index in [-0.39, 0.29) is 16.9 Å². The van der Waals surface area contributed by atoms with Crippen LogP contribution in [0.5, 0.6) is 5.75 Å². The van der Waals surface area contributed by atoms with Gasteiger partial charge in [-0.1, -0.05) is 26.8 Å². The molecule has 4 rings (SSSR count). The Balaban J connectivity index is 1.74. The van der Waals surface area contributed by atoms with E-state index in [1.54, 1.807) is 12.7 Å². The number of fused-ring (bicyclic) bond motifs is 5. The molecule has 3 aliphatic rings. The van der Waals surface area contributed by atoms with E-state index >= 15 is 0 Å². The molecule has 0 spiro atoms. The lowest BCUT2D eigenvalue weighted by Gasteiger charge is -2.53. The fourth-order valence-electron chi connectivity index (χ4n) is 6.63. The summed E-state index contributed by atoms with van der Waals surface area (Å²) in [4.78, 5) is 0. The highest BCUT2D eigenvalue weighted by Gasteiger charge is 2.61. The smallest absolute Gasteiger partial charge is 0.119 e. The summed E-state index contributed by atoms with van der Waals surface area (Å²) in [6, 6.07) is 6.68. The standard InChI is InChI=1S/C21H30O2/c1-20(2)12-18(22)21(3)10-9-16-15-8-6-14(23-4)11-13(15)5-7-17(16)19(20)21/h6,8,11,16-19,22H,5,7,9-10,12H2,1-4H3/t16-,17-,18?,19-,21-/m1/s1. The molecule has 126 valence electrons. The van der Waals surface area contributed by atoms with E-state index < -0.39 is 0 Å². The van der Waals surface area contributed by atoms with Crippen molar-refractivity contribution in [3.63, 3.8) is 0 Å². The Hall–Kier alpha value is -1.02. The second-order valence-corrected chi connectivity index (χ2v) is 9.10. The van der Waals surface area contributed by atoms with Gasteiger partial charge in [-0.05, 0) is 83.9 Å². The molecule has 2 fully saturated rings. The molecular weight excluding hydrogens is 284 g/mol. The van der Waals surface area contributed by atoms with Crippen molar-refractivity contribution < 1.29 is 9.84 Å². The van der Waals surface area contributed by atoms with Crippen LogP contribution in [-0.2, 0) is 6.42 Å². The van der Waals surface area contributed by atoms with Crippen LogP contribution in [0.25, 0.3) is 0 Å². The van der Waals surface area contributed by atoms with E-state index in [0.29, 0.717) is 11.8 Å². The van der Waals surface area contributed by atoms with Crippen LogP contribution >= 0.6 is 0 Å². The lowest BCUT2D eigenvalue weighted by molar-refractivity contribution is -0.0404. The highest BCUT2D eigenvalue weighted by Crippen LogP contribution is 2.66. The average Bonchev–Trinajstić information content (AvgIpc) is 2.71. The van der Waals surface area contributed by atoms with Gasteiger partial charge >= 0.3 is 0 Å². The normalized spacial score (nSPS) is 40.9. The molecule has 0 heterocycles. The van der Waals surface area contributed by atoms with Gasteiger partial charge in [0.25, 0.3) is 0 Å². The fourth-order valence-corrected chi connectivity index (χ4v) is 6.63. The molecule has 2 nitrogen and oxygen atoms in total. The molecule has 2 heteroatoms. The van der Waals surface area contributed by atoms with Crippen LogP contribution in [-0.4, -0.2) is 18.3 Å². The van der Waals surface area contributed by atoms with Crippen LogP contribution in [0.2, 0.25) is 0 Å². The van der Waals surface area contributed by atoms with Gasteiger partial charge in [0.1, 0.15) is 5.75 Å². The maximum absolute atomic E-state index is 10.8. The summed E-state index contributed by atoms with van der Waals surface area (Å²) in [7, 11) is 1.75. The van der Waals surface area contributed by atoms with Gasteiger partial charge in [-0.15, -0.1) is 0 Å². The topological polar surface area (TPSA) is 29.5 Å². The SMILES string of the molecule is COc1ccc2c(c1)CC[C@@H]1[C@@H]2CC[C@]2(C)C(O)CC(C)(C)[C@@H]12. The van der Waals surface area contributed by atoms with Gasteiger partial charge in [0, 0.05) is 0 Å². The third kappa shape index (κ3) is 2.10. The first kappa shape index (κ1) is 15.5. The van der Waals surface area contributed by atoms with Crippen LogP contribution in [0.1, 0.15) is 63.5 Å². The summed E-state index contributed by atoms with van der Waals surface area (Å²) >= 11 is 0. The Labute approximate surface area is 140 Å².